The lowest BCUT2D eigenvalue weighted by atomic mass is 10.0. The van der Waals surface area contributed by atoms with Crippen molar-refractivity contribution in [3.8, 4) is 5.75 Å². The van der Waals surface area contributed by atoms with Gasteiger partial charge in [0.05, 0.1) is 12.0 Å². The first-order chi connectivity index (χ1) is 9.36. The van der Waals surface area contributed by atoms with E-state index in [2.05, 4.69) is 0 Å². The van der Waals surface area contributed by atoms with E-state index in [1.807, 2.05) is 0 Å². The minimum atomic E-state index is -3.54. The molecule has 1 atom stereocenters. The van der Waals surface area contributed by atoms with Gasteiger partial charge in [-0.2, -0.15) is 4.31 Å². The van der Waals surface area contributed by atoms with E-state index in [-0.39, 0.29) is 36.1 Å². The molecule has 1 unspecified atom stereocenters. The van der Waals surface area contributed by atoms with Crippen LogP contribution in [0, 0.1) is 12.8 Å². The van der Waals surface area contributed by atoms with Crippen molar-refractivity contribution in [2.75, 3.05) is 20.2 Å². The fourth-order valence-corrected chi connectivity index (χ4v) is 3.97. The topological polar surface area (TPSA) is 63.7 Å². The number of piperidine rings is 1. The predicted molar refractivity (Wildman–Crippen MR) is 75.3 cm³/mol. The van der Waals surface area contributed by atoms with Gasteiger partial charge >= 0.3 is 0 Å². The molecular formula is C14H19NO4S. The van der Waals surface area contributed by atoms with Gasteiger partial charge < -0.3 is 4.74 Å². The van der Waals surface area contributed by atoms with Crippen molar-refractivity contribution in [1.82, 2.24) is 4.31 Å². The SMILES string of the molecule is COc1ccc(S(=O)(=O)N2CCC(=O)C(C)C2)cc1C. The molecule has 20 heavy (non-hydrogen) atoms. The van der Waals surface area contributed by atoms with Gasteiger partial charge in [-0.1, -0.05) is 6.92 Å². The molecule has 6 heteroatoms. The maximum Gasteiger partial charge on any atom is 0.243 e. The van der Waals surface area contributed by atoms with E-state index in [1.54, 1.807) is 39.2 Å². The zero-order valence-electron chi connectivity index (χ0n) is 11.9. The lowest BCUT2D eigenvalue weighted by Gasteiger charge is -2.29. The van der Waals surface area contributed by atoms with Crippen LogP contribution in [0.3, 0.4) is 0 Å². The Balaban J connectivity index is 2.31. The van der Waals surface area contributed by atoms with Crippen molar-refractivity contribution in [1.29, 1.82) is 0 Å². The molecule has 0 bridgehead atoms. The summed E-state index contributed by atoms with van der Waals surface area (Å²) in [5.41, 5.74) is 0.773. The van der Waals surface area contributed by atoms with Crippen LogP contribution in [0.1, 0.15) is 18.9 Å². The number of nitrogens with zero attached hydrogens (tertiary/aromatic N) is 1. The molecule has 1 fully saturated rings. The van der Waals surface area contributed by atoms with Crippen LogP contribution in [-0.4, -0.2) is 38.7 Å². The summed E-state index contributed by atoms with van der Waals surface area (Å²) in [6, 6.07) is 4.80. The van der Waals surface area contributed by atoms with Crippen molar-refractivity contribution in [2.45, 2.75) is 25.2 Å². The summed E-state index contributed by atoms with van der Waals surface area (Å²) in [5.74, 6) is 0.548. The summed E-state index contributed by atoms with van der Waals surface area (Å²) in [7, 11) is -1.99. The van der Waals surface area contributed by atoms with Gasteiger partial charge in [0, 0.05) is 25.4 Å². The van der Waals surface area contributed by atoms with Crippen molar-refractivity contribution < 1.29 is 17.9 Å². The minimum absolute atomic E-state index is 0.127. The van der Waals surface area contributed by atoms with Crippen molar-refractivity contribution >= 4 is 15.8 Å². The summed E-state index contributed by atoms with van der Waals surface area (Å²) in [5, 5.41) is 0. The van der Waals surface area contributed by atoms with Crippen LogP contribution >= 0.6 is 0 Å². The third kappa shape index (κ3) is 2.71. The quantitative estimate of drug-likeness (QED) is 0.850. The first-order valence-corrected chi connectivity index (χ1v) is 7.97. The average Bonchev–Trinajstić information content (AvgIpc) is 2.41. The summed E-state index contributed by atoms with van der Waals surface area (Å²) < 4.78 is 31.7. The lowest BCUT2D eigenvalue weighted by molar-refractivity contribution is -0.124. The number of ether oxygens (including phenoxy) is 1. The summed E-state index contributed by atoms with van der Waals surface area (Å²) in [6.45, 7) is 4.09. The Morgan fingerprint density at radius 2 is 2.05 bits per heavy atom. The van der Waals surface area contributed by atoms with Gasteiger partial charge in [-0.3, -0.25) is 4.79 Å². The number of sulfonamides is 1. The van der Waals surface area contributed by atoms with E-state index in [9.17, 15) is 13.2 Å². The Bertz CT molecular complexity index is 624. The second-order valence-corrected chi connectivity index (χ2v) is 7.05. The molecule has 0 aliphatic carbocycles. The molecule has 0 aromatic heterocycles. The van der Waals surface area contributed by atoms with Gasteiger partial charge in [-0.15, -0.1) is 0 Å². The molecule has 1 aromatic carbocycles. The second kappa shape index (κ2) is 5.54. The number of ketones is 1. The number of hydrogen-bond donors (Lipinski definition) is 0. The highest BCUT2D eigenvalue weighted by atomic mass is 32.2. The third-order valence-corrected chi connectivity index (χ3v) is 5.50. The Hall–Kier alpha value is -1.40. The zero-order valence-corrected chi connectivity index (χ0v) is 12.7. The van der Waals surface area contributed by atoms with Crippen LogP contribution in [0.25, 0.3) is 0 Å². The molecule has 1 aliphatic heterocycles. The number of benzene rings is 1. The molecule has 0 radical (unpaired) electrons. The Morgan fingerprint density at radius 1 is 1.35 bits per heavy atom. The minimum Gasteiger partial charge on any atom is -0.496 e. The molecule has 1 saturated heterocycles. The van der Waals surface area contributed by atoms with Gasteiger partial charge in [0.15, 0.2) is 0 Å². The first-order valence-electron chi connectivity index (χ1n) is 6.53. The van der Waals surface area contributed by atoms with Crippen LogP contribution < -0.4 is 4.74 Å². The molecule has 110 valence electrons. The fourth-order valence-electron chi connectivity index (χ4n) is 2.36. The predicted octanol–water partition coefficient (Wildman–Crippen LogP) is 1.60. The average molecular weight is 297 g/mol. The number of rotatable bonds is 3. The third-order valence-electron chi connectivity index (χ3n) is 3.64. The highest BCUT2D eigenvalue weighted by Gasteiger charge is 2.32. The largest absolute Gasteiger partial charge is 0.496 e. The summed E-state index contributed by atoms with van der Waals surface area (Å²) >= 11 is 0. The molecule has 0 saturated carbocycles. The number of methoxy groups -OCH3 is 1. The smallest absolute Gasteiger partial charge is 0.243 e. The Labute approximate surface area is 119 Å². The molecule has 0 N–H and O–H groups in total. The number of aryl methyl sites for hydroxylation is 1. The molecule has 1 aliphatic rings. The van der Waals surface area contributed by atoms with Crippen molar-refractivity contribution in [2.24, 2.45) is 5.92 Å². The lowest BCUT2D eigenvalue weighted by Crippen LogP contribution is -2.43. The molecule has 1 aromatic rings. The van der Waals surface area contributed by atoms with Gasteiger partial charge in [0.1, 0.15) is 11.5 Å². The zero-order chi connectivity index (χ0) is 14.9. The Kier molecular flexibility index (Phi) is 4.15. The first kappa shape index (κ1) is 15.0. The van der Waals surface area contributed by atoms with Crippen LogP contribution in [0.2, 0.25) is 0 Å². The molecular weight excluding hydrogens is 278 g/mol. The number of Topliss-reactive ketones (excluding diaryl/α,β-unsaturated/α-hetero) is 1. The summed E-state index contributed by atoms with van der Waals surface area (Å²) in [4.78, 5) is 11.8. The molecule has 5 nitrogen and oxygen atoms in total. The van der Waals surface area contributed by atoms with E-state index >= 15 is 0 Å². The summed E-state index contributed by atoms with van der Waals surface area (Å²) in [6.07, 6.45) is 0.287. The number of carbonyl (C=O) groups excluding carboxylic acids is 1. The highest BCUT2D eigenvalue weighted by molar-refractivity contribution is 7.89. The van der Waals surface area contributed by atoms with E-state index in [1.165, 1.54) is 4.31 Å². The van der Waals surface area contributed by atoms with Crippen LogP contribution in [0.15, 0.2) is 23.1 Å². The Morgan fingerprint density at radius 3 is 2.60 bits per heavy atom. The molecule has 0 spiro atoms. The van der Waals surface area contributed by atoms with Crippen molar-refractivity contribution in [3.05, 3.63) is 23.8 Å². The maximum atomic E-state index is 12.6. The van der Waals surface area contributed by atoms with E-state index in [0.29, 0.717) is 5.75 Å². The monoisotopic (exact) mass is 297 g/mol. The van der Waals surface area contributed by atoms with Gasteiger partial charge in [-0.05, 0) is 30.7 Å². The van der Waals surface area contributed by atoms with Crippen LogP contribution in [0.4, 0.5) is 0 Å². The van der Waals surface area contributed by atoms with E-state index in [4.69, 9.17) is 4.74 Å². The van der Waals surface area contributed by atoms with Crippen LogP contribution in [-0.2, 0) is 14.8 Å². The number of hydrogen-bond acceptors (Lipinski definition) is 4. The standard InChI is InChI=1S/C14H19NO4S/c1-10-8-12(4-5-14(10)19-3)20(17,18)15-7-6-13(16)11(2)9-15/h4-5,8,11H,6-7,9H2,1-3H3. The molecule has 0 amide bonds. The molecule has 2 rings (SSSR count). The fraction of sp³-hybridized carbons (Fsp3) is 0.500. The van der Waals surface area contributed by atoms with Gasteiger partial charge in [0.25, 0.3) is 0 Å². The number of carbonyl (C=O) groups is 1. The van der Waals surface area contributed by atoms with Gasteiger partial charge in [0.2, 0.25) is 10.0 Å². The maximum absolute atomic E-state index is 12.6. The van der Waals surface area contributed by atoms with Crippen molar-refractivity contribution in [3.63, 3.8) is 0 Å². The van der Waals surface area contributed by atoms with E-state index < -0.39 is 10.0 Å². The highest BCUT2D eigenvalue weighted by Crippen LogP contribution is 2.26. The molecule has 1 heterocycles. The van der Waals surface area contributed by atoms with E-state index in [0.717, 1.165) is 5.56 Å². The second-order valence-electron chi connectivity index (χ2n) is 5.11. The van der Waals surface area contributed by atoms with Crippen LogP contribution in [0.5, 0.6) is 5.75 Å². The normalized spacial score (nSPS) is 20.9. The van der Waals surface area contributed by atoms with Gasteiger partial charge in [-0.25, -0.2) is 8.42 Å².